The number of alkyl halides is 3. The van der Waals surface area contributed by atoms with Gasteiger partial charge in [-0.05, 0) is 46.4 Å². The Labute approximate surface area is 76.1 Å². The number of hydrogen-bond donors (Lipinski definition) is 0. The largest absolute Gasteiger partial charge is 0.408 e. The van der Waals surface area contributed by atoms with Crippen LogP contribution in [-0.2, 0) is 14.3 Å². The van der Waals surface area contributed by atoms with Gasteiger partial charge in [-0.15, -0.1) is 0 Å². The molecule has 0 unspecified atom stereocenters. The molecule has 0 aliphatic carbocycles. The first-order valence-corrected chi connectivity index (χ1v) is 3.33. The van der Waals surface area contributed by atoms with Crippen molar-refractivity contribution < 1.29 is 14.3 Å². The lowest BCUT2D eigenvalue weighted by Gasteiger charge is -2.08. The van der Waals surface area contributed by atoms with Gasteiger partial charge in [-0.2, -0.15) is 0 Å². The summed E-state index contributed by atoms with van der Waals surface area (Å²) in [5.41, 5.74) is 0. The molecule has 0 atom stereocenters. The molecule has 0 aliphatic heterocycles. The lowest BCUT2D eigenvalue weighted by atomic mass is 10.8. The van der Waals surface area contributed by atoms with E-state index < -0.39 is 15.2 Å². The Morgan fingerprint density at radius 1 is 1.20 bits per heavy atom. The molecule has 0 saturated carbocycles. The standard InChI is InChI=1S/C3Cl4O3/c4-1(8)2(9)10-3(5,6)7. The molecule has 0 aromatic carbocycles. The molecule has 0 fully saturated rings. The first-order valence-electron chi connectivity index (χ1n) is 1.82. The summed E-state index contributed by atoms with van der Waals surface area (Å²) in [5.74, 6) is -1.40. The van der Waals surface area contributed by atoms with Gasteiger partial charge in [0.2, 0.25) is 0 Å². The van der Waals surface area contributed by atoms with Crippen molar-refractivity contribution in [3.63, 3.8) is 0 Å². The summed E-state index contributed by atoms with van der Waals surface area (Å²) >= 11 is 19.5. The Kier molecular flexibility index (Phi) is 3.73. The van der Waals surface area contributed by atoms with Crippen molar-refractivity contribution in [3.05, 3.63) is 0 Å². The Morgan fingerprint density at radius 2 is 1.60 bits per heavy atom. The summed E-state index contributed by atoms with van der Waals surface area (Å²) in [4.78, 5) is 20.1. The van der Waals surface area contributed by atoms with Crippen LogP contribution in [0.2, 0.25) is 0 Å². The molecule has 0 N–H and O–H groups in total. The van der Waals surface area contributed by atoms with Crippen molar-refractivity contribution in [2.24, 2.45) is 0 Å². The van der Waals surface area contributed by atoms with Gasteiger partial charge in [-0.25, -0.2) is 4.79 Å². The summed E-state index contributed by atoms with van der Waals surface area (Å²) < 4.78 is 1.64. The van der Waals surface area contributed by atoms with Gasteiger partial charge in [0.25, 0.3) is 0 Å². The van der Waals surface area contributed by atoms with Crippen LogP contribution in [0.15, 0.2) is 0 Å². The third-order valence-electron chi connectivity index (χ3n) is 0.369. The maximum absolute atomic E-state index is 10.2. The van der Waals surface area contributed by atoms with Gasteiger partial charge in [0, 0.05) is 0 Å². The van der Waals surface area contributed by atoms with Crippen LogP contribution in [0, 0.1) is 0 Å². The van der Waals surface area contributed by atoms with Crippen molar-refractivity contribution in [1.82, 2.24) is 0 Å². The van der Waals surface area contributed by atoms with Crippen LogP contribution in [0.4, 0.5) is 0 Å². The lowest BCUT2D eigenvalue weighted by Crippen LogP contribution is -2.20. The van der Waals surface area contributed by atoms with Crippen LogP contribution in [0.1, 0.15) is 0 Å². The number of rotatable bonds is 1. The highest BCUT2D eigenvalue weighted by Gasteiger charge is 2.28. The van der Waals surface area contributed by atoms with E-state index in [1.807, 2.05) is 0 Å². The lowest BCUT2D eigenvalue weighted by molar-refractivity contribution is -0.150. The average molecular weight is 226 g/mol. The summed E-state index contributed by atoms with van der Waals surface area (Å²) in [6.07, 6.45) is 0. The molecule has 0 aromatic rings. The molecule has 0 rings (SSSR count). The molecule has 10 heavy (non-hydrogen) atoms. The predicted molar refractivity (Wildman–Crippen MR) is 37.2 cm³/mol. The molecule has 0 aliphatic rings. The zero-order valence-electron chi connectivity index (χ0n) is 4.24. The quantitative estimate of drug-likeness (QED) is 0.295. The minimum atomic E-state index is -2.23. The molecule has 0 heterocycles. The fourth-order valence-corrected chi connectivity index (χ4v) is 0.394. The van der Waals surface area contributed by atoms with E-state index in [0.29, 0.717) is 0 Å². The second-order valence-electron chi connectivity index (χ2n) is 1.11. The molecular weight excluding hydrogens is 226 g/mol. The van der Waals surface area contributed by atoms with E-state index in [1.165, 1.54) is 0 Å². The van der Waals surface area contributed by atoms with Gasteiger partial charge in [0.05, 0.1) is 0 Å². The van der Waals surface area contributed by atoms with E-state index in [1.54, 1.807) is 0 Å². The number of halogens is 4. The molecule has 0 radical (unpaired) electrons. The number of esters is 1. The topological polar surface area (TPSA) is 43.4 Å². The zero-order chi connectivity index (χ0) is 8.36. The second-order valence-corrected chi connectivity index (χ2v) is 3.63. The predicted octanol–water partition coefficient (Wildman–Crippen LogP) is 1.62. The van der Waals surface area contributed by atoms with Gasteiger partial charge in [0.15, 0.2) is 0 Å². The molecule has 0 saturated heterocycles. The smallest absolute Gasteiger partial charge is 0.394 e. The molecule has 0 aromatic heterocycles. The number of ether oxygens (including phenoxy) is 1. The van der Waals surface area contributed by atoms with E-state index in [-0.39, 0.29) is 0 Å². The maximum atomic E-state index is 10.2. The first kappa shape index (κ1) is 10.3. The van der Waals surface area contributed by atoms with Crippen molar-refractivity contribution in [2.75, 3.05) is 0 Å². The minimum absolute atomic E-state index is 1.34. The van der Waals surface area contributed by atoms with Crippen LogP contribution in [0.25, 0.3) is 0 Å². The molecule has 0 bridgehead atoms. The van der Waals surface area contributed by atoms with Crippen LogP contribution in [-0.4, -0.2) is 15.2 Å². The summed E-state index contributed by atoms with van der Waals surface area (Å²) in [5, 5.41) is -1.34. The van der Waals surface area contributed by atoms with Crippen molar-refractivity contribution in [2.45, 2.75) is 3.98 Å². The average Bonchev–Trinajstić information content (AvgIpc) is 1.60. The molecular formula is C3Cl4O3. The van der Waals surface area contributed by atoms with E-state index >= 15 is 0 Å². The Morgan fingerprint density at radius 3 is 1.70 bits per heavy atom. The molecule has 0 amide bonds. The van der Waals surface area contributed by atoms with Crippen LogP contribution < -0.4 is 0 Å². The fourth-order valence-electron chi connectivity index (χ4n) is 0.145. The van der Waals surface area contributed by atoms with Gasteiger partial charge in [-0.1, -0.05) is 0 Å². The summed E-state index contributed by atoms with van der Waals surface area (Å²) in [6.45, 7) is 0. The van der Waals surface area contributed by atoms with Crippen molar-refractivity contribution in [1.29, 1.82) is 0 Å². The molecule has 0 spiro atoms. The number of hydrogen-bond acceptors (Lipinski definition) is 3. The third-order valence-corrected chi connectivity index (χ3v) is 0.755. The van der Waals surface area contributed by atoms with E-state index in [0.717, 1.165) is 0 Å². The van der Waals surface area contributed by atoms with Crippen LogP contribution in [0.5, 0.6) is 0 Å². The van der Waals surface area contributed by atoms with E-state index in [2.05, 4.69) is 16.3 Å². The minimum Gasteiger partial charge on any atom is -0.408 e. The van der Waals surface area contributed by atoms with Gasteiger partial charge in [-0.3, -0.25) is 4.79 Å². The van der Waals surface area contributed by atoms with Crippen molar-refractivity contribution >= 4 is 57.6 Å². The fraction of sp³-hybridized carbons (Fsp3) is 0.333. The molecule has 3 nitrogen and oxygen atoms in total. The number of carbonyl (C=O) groups is 2. The SMILES string of the molecule is O=C(Cl)C(=O)OC(Cl)(Cl)Cl. The Hall–Kier alpha value is 0.300. The molecule has 7 heteroatoms. The maximum Gasteiger partial charge on any atom is 0.394 e. The second kappa shape index (κ2) is 3.62. The molecule has 58 valence electrons. The van der Waals surface area contributed by atoms with Crippen LogP contribution in [0.3, 0.4) is 0 Å². The summed E-state index contributed by atoms with van der Waals surface area (Å²) in [6, 6.07) is 0. The van der Waals surface area contributed by atoms with E-state index in [9.17, 15) is 9.59 Å². The third kappa shape index (κ3) is 5.11. The number of carbonyl (C=O) groups excluding carboxylic acids is 2. The highest BCUT2D eigenvalue weighted by atomic mass is 35.6. The van der Waals surface area contributed by atoms with Gasteiger partial charge >= 0.3 is 15.2 Å². The van der Waals surface area contributed by atoms with Gasteiger partial charge < -0.3 is 4.74 Å². The normalized spacial score (nSPS) is 10.8. The monoisotopic (exact) mass is 224 g/mol. The highest BCUT2D eigenvalue weighted by molar-refractivity contribution is 6.80. The Bertz CT molecular complexity index is 160. The van der Waals surface area contributed by atoms with Gasteiger partial charge in [0.1, 0.15) is 0 Å². The van der Waals surface area contributed by atoms with Crippen LogP contribution >= 0.6 is 46.4 Å². The zero-order valence-corrected chi connectivity index (χ0v) is 7.26. The van der Waals surface area contributed by atoms with E-state index in [4.69, 9.17) is 34.8 Å². The summed E-state index contributed by atoms with van der Waals surface area (Å²) in [7, 11) is 0. The van der Waals surface area contributed by atoms with Crippen molar-refractivity contribution in [3.8, 4) is 0 Å². The highest BCUT2D eigenvalue weighted by Crippen LogP contribution is 2.27. The first-order chi connectivity index (χ1) is 4.33. The Balaban J connectivity index is 3.93.